The molecule has 2 atom stereocenters. The van der Waals surface area contributed by atoms with E-state index in [2.05, 4.69) is 5.32 Å². The number of halogens is 3. The van der Waals surface area contributed by atoms with E-state index in [0.717, 1.165) is 0 Å². The van der Waals surface area contributed by atoms with E-state index in [-0.39, 0.29) is 30.8 Å². The minimum Gasteiger partial charge on any atom is -0.313 e. The highest BCUT2D eigenvalue weighted by atomic mass is 35.5. The maximum Gasteiger partial charge on any atom is 0.253 e. The summed E-state index contributed by atoms with van der Waals surface area (Å²) in [7, 11) is 0. The number of fused-ring (bicyclic) bond motifs is 2. The van der Waals surface area contributed by atoms with Crippen molar-refractivity contribution in [2.75, 3.05) is 6.54 Å². The van der Waals surface area contributed by atoms with Crippen molar-refractivity contribution < 1.29 is 8.78 Å². The Bertz CT molecular complexity index is 140. The summed E-state index contributed by atoms with van der Waals surface area (Å²) in [4.78, 5) is 0. The summed E-state index contributed by atoms with van der Waals surface area (Å²) < 4.78 is 25.2. The lowest BCUT2D eigenvalue weighted by Crippen LogP contribution is -2.36. The molecule has 10 heavy (non-hydrogen) atoms. The van der Waals surface area contributed by atoms with Gasteiger partial charge in [-0.1, -0.05) is 0 Å². The first-order valence-corrected chi connectivity index (χ1v) is 3.30. The minimum absolute atomic E-state index is 0. The molecular formula is C6H10ClF2N. The molecule has 2 bridgehead atoms. The maximum absolute atomic E-state index is 12.6. The van der Waals surface area contributed by atoms with E-state index in [4.69, 9.17) is 0 Å². The van der Waals surface area contributed by atoms with Gasteiger partial charge in [-0.3, -0.25) is 0 Å². The predicted octanol–water partition coefficient (Wildman–Crippen LogP) is 1.43. The van der Waals surface area contributed by atoms with Gasteiger partial charge < -0.3 is 5.32 Å². The average molecular weight is 170 g/mol. The first-order valence-electron chi connectivity index (χ1n) is 3.30. The molecule has 60 valence electrons. The molecule has 0 spiro atoms. The molecule has 0 aromatic rings. The third-order valence-electron chi connectivity index (χ3n) is 2.34. The number of hydrogen-bond donors (Lipinski definition) is 1. The highest BCUT2D eigenvalue weighted by Gasteiger charge is 2.52. The zero-order valence-corrected chi connectivity index (χ0v) is 6.26. The van der Waals surface area contributed by atoms with Crippen molar-refractivity contribution in [1.82, 2.24) is 5.32 Å². The Morgan fingerprint density at radius 2 is 2.10 bits per heavy atom. The fourth-order valence-electron chi connectivity index (χ4n) is 1.79. The van der Waals surface area contributed by atoms with E-state index in [0.29, 0.717) is 13.0 Å². The molecule has 2 rings (SSSR count). The zero-order valence-electron chi connectivity index (χ0n) is 5.44. The quantitative estimate of drug-likeness (QED) is 0.579. The van der Waals surface area contributed by atoms with Crippen LogP contribution in [0.5, 0.6) is 0 Å². The van der Waals surface area contributed by atoms with E-state index < -0.39 is 5.92 Å². The summed E-state index contributed by atoms with van der Waals surface area (Å²) in [5.41, 5.74) is 0. The SMILES string of the molecule is Cl.FC1(F)C[C@H]2C[C@@H]1CN2. The van der Waals surface area contributed by atoms with Crippen molar-refractivity contribution in [2.45, 2.75) is 24.8 Å². The molecule has 1 aliphatic heterocycles. The summed E-state index contributed by atoms with van der Waals surface area (Å²) in [6.45, 7) is 0.525. The van der Waals surface area contributed by atoms with Crippen LogP contribution >= 0.6 is 12.4 Å². The maximum atomic E-state index is 12.6. The van der Waals surface area contributed by atoms with Crippen molar-refractivity contribution in [3.8, 4) is 0 Å². The van der Waals surface area contributed by atoms with Crippen LogP contribution in [0.3, 0.4) is 0 Å². The van der Waals surface area contributed by atoms with Crippen LogP contribution in [-0.4, -0.2) is 18.5 Å². The standard InChI is InChI=1S/C6H9F2N.ClH/c7-6(8)2-5-1-4(6)3-9-5;/h4-5,9H,1-3H2;1H/t4-,5-;/m1./s1. The van der Waals surface area contributed by atoms with Crippen LogP contribution in [0, 0.1) is 5.92 Å². The number of piperidine rings is 1. The number of rotatable bonds is 0. The van der Waals surface area contributed by atoms with Crippen LogP contribution < -0.4 is 5.32 Å². The second-order valence-electron chi connectivity index (χ2n) is 3.00. The van der Waals surface area contributed by atoms with E-state index in [1.54, 1.807) is 0 Å². The average Bonchev–Trinajstić information content (AvgIpc) is 2.19. The van der Waals surface area contributed by atoms with Crippen LogP contribution in [0.4, 0.5) is 8.78 Å². The third-order valence-corrected chi connectivity index (χ3v) is 2.34. The molecule has 0 amide bonds. The van der Waals surface area contributed by atoms with Gasteiger partial charge in [-0.25, -0.2) is 8.78 Å². The molecule has 1 N–H and O–H groups in total. The van der Waals surface area contributed by atoms with Crippen molar-refractivity contribution in [3.05, 3.63) is 0 Å². The predicted molar refractivity (Wildman–Crippen MR) is 36.7 cm³/mol. The third kappa shape index (κ3) is 1.01. The summed E-state index contributed by atoms with van der Waals surface area (Å²) in [6.07, 6.45) is 0.755. The molecule has 0 aromatic carbocycles. The van der Waals surface area contributed by atoms with Gasteiger partial charge in [0.05, 0.1) is 0 Å². The van der Waals surface area contributed by atoms with Crippen molar-refractivity contribution >= 4 is 12.4 Å². The lowest BCUT2D eigenvalue weighted by Gasteiger charge is -2.21. The van der Waals surface area contributed by atoms with Crippen LogP contribution in [0.25, 0.3) is 0 Å². The van der Waals surface area contributed by atoms with Gasteiger partial charge in [0, 0.05) is 24.9 Å². The summed E-state index contributed by atoms with van der Waals surface area (Å²) in [5.74, 6) is -2.71. The zero-order chi connectivity index (χ0) is 6.48. The molecule has 4 heteroatoms. The normalized spacial score (nSPS) is 41.4. The monoisotopic (exact) mass is 169 g/mol. The smallest absolute Gasteiger partial charge is 0.253 e. The molecule has 1 saturated heterocycles. The fraction of sp³-hybridized carbons (Fsp3) is 1.00. The summed E-state index contributed by atoms with van der Waals surface area (Å²) in [6, 6.07) is 0.116. The van der Waals surface area contributed by atoms with Gasteiger partial charge in [0.25, 0.3) is 5.92 Å². The highest BCUT2D eigenvalue weighted by molar-refractivity contribution is 5.85. The Morgan fingerprint density at radius 3 is 2.30 bits per heavy atom. The Morgan fingerprint density at radius 1 is 1.40 bits per heavy atom. The van der Waals surface area contributed by atoms with Gasteiger partial charge in [-0.2, -0.15) is 0 Å². The molecule has 0 unspecified atom stereocenters. The van der Waals surface area contributed by atoms with Gasteiger partial charge in [0.1, 0.15) is 0 Å². The topological polar surface area (TPSA) is 12.0 Å². The second-order valence-corrected chi connectivity index (χ2v) is 3.00. The van der Waals surface area contributed by atoms with Gasteiger partial charge >= 0.3 is 0 Å². The Labute approximate surface area is 64.6 Å². The van der Waals surface area contributed by atoms with Crippen molar-refractivity contribution in [2.24, 2.45) is 5.92 Å². The van der Waals surface area contributed by atoms with Crippen molar-refractivity contribution in [1.29, 1.82) is 0 Å². The first kappa shape index (κ1) is 8.21. The van der Waals surface area contributed by atoms with E-state index >= 15 is 0 Å². The first-order chi connectivity index (χ1) is 4.18. The minimum atomic E-state index is -2.35. The largest absolute Gasteiger partial charge is 0.313 e. The van der Waals surface area contributed by atoms with Gasteiger partial charge in [0.2, 0.25) is 0 Å². The van der Waals surface area contributed by atoms with Crippen LogP contribution in [0.1, 0.15) is 12.8 Å². The van der Waals surface area contributed by atoms with Crippen molar-refractivity contribution in [3.63, 3.8) is 0 Å². The molecule has 1 nitrogen and oxygen atoms in total. The molecule has 1 heterocycles. The molecule has 0 aromatic heterocycles. The van der Waals surface area contributed by atoms with E-state index in [1.807, 2.05) is 0 Å². The second kappa shape index (κ2) is 2.31. The van der Waals surface area contributed by atoms with Gasteiger partial charge in [-0.15, -0.1) is 12.4 Å². The molecule has 2 fully saturated rings. The van der Waals surface area contributed by atoms with E-state index in [9.17, 15) is 8.78 Å². The van der Waals surface area contributed by atoms with E-state index in [1.165, 1.54) is 0 Å². The molecule has 0 radical (unpaired) electrons. The lowest BCUT2D eigenvalue weighted by molar-refractivity contribution is -0.0451. The number of hydrogen-bond acceptors (Lipinski definition) is 1. The van der Waals surface area contributed by atoms with Crippen LogP contribution in [-0.2, 0) is 0 Å². The molecule has 1 saturated carbocycles. The Balaban J connectivity index is 0.000000500. The van der Waals surface area contributed by atoms with Crippen LogP contribution in [0.2, 0.25) is 0 Å². The Hall–Kier alpha value is 0.110. The summed E-state index contributed by atoms with van der Waals surface area (Å²) >= 11 is 0. The molecule has 1 aliphatic carbocycles. The van der Waals surface area contributed by atoms with Gasteiger partial charge in [0.15, 0.2) is 0 Å². The molecule has 2 aliphatic rings. The fourth-order valence-corrected chi connectivity index (χ4v) is 1.79. The number of nitrogens with one attached hydrogen (secondary N) is 1. The Kier molecular flexibility index (Phi) is 1.90. The number of alkyl halides is 2. The van der Waals surface area contributed by atoms with Gasteiger partial charge in [-0.05, 0) is 6.42 Å². The highest BCUT2D eigenvalue weighted by Crippen LogP contribution is 2.43. The lowest BCUT2D eigenvalue weighted by atomic mass is 10.1. The summed E-state index contributed by atoms with van der Waals surface area (Å²) in [5, 5.41) is 3.03. The van der Waals surface area contributed by atoms with Crippen LogP contribution in [0.15, 0.2) is 0 Å². The molecular weight excluding hydrogens is 160 g/mol.